The molecule has 0 saturated heterocycles. The lowest BCUT2D eigenvalue weighted by molar-refractivity contribution is -0.140. The number of fused-ring (bicyclic) bond motifs is 6. The van der Waals surface area contributed by atoms with Crippen molar-refractivity contribution in [1.82, 2.24) is 29.9 Å². The van der Waals surface area contributed by atoms with E-state index in [-0.39, 0.29) is 41.7 Å². The lowest BCUT2D eigenvalue weighted by atomic mass is 9.71. The summed E-state index contributed by atoms with van der Waals surface area (Å²) in [6.45, 7) is 24.6. The number of ether oxygens (including phenoxy) is 4. The number of esters is 4. The molecule has 0 aliphatic heterocycles. The molecule has 0 fully saturated rings. The second-order valence-corrected chi connectivity index (χ2v) is 25.0. The number of rotatable bonds is 13. The van der Waals surface area contributed by atoms with Crippen molar-refractivity contribution in [3.63, 3.8) is 0 Å². The molecule has 6 aromatic heterocycles. The molecule has 0 aromatic carbocycles. The molecule has 0 bridgehead atoms. The molecule has 18 heteroatoms. The standard InChI is InChI=1S/C22H30N2O4.C22H28N2O4.C19H26N4O2/c2*1-6-28-21(26)20-15(8-10-18(25)27-5)19-17(24-20)12-13-11-14(22(2,3)4)7-9-16(13)23-19;1-19(2,3)11-4-6-13-10(8-11)9-14-16(22-13)12(5-7-15(20)24)17(23-14)18(21)25/h12,14,24H,6-11H2,1-5H3;8,10,12,14,24H,6-7,9,11H2,1-5H3;9,11,23H,4-8H2,1-3H3,(H2,20,24)(H2,21,25)/b;10-8+;. The van der Waals surface area contributed by atoms with Crippen LogP contribution in [-0.4, -0.2) is 93.0 Å². The predicted octanol–water partition coefficient (Wildman–Crippen LogP) is 10.3. The summed E-state index contributed by atoms with van der Waals surface area (Å²) in [6, 6.07) is 6.31. The molecular weight excluding hydrogens is 1030 g/mol. The zero-order valence-electron chi connectivity index (χ0n) is 49.8. The summed E-state index contributed by atoms with van der Waals surface area (Å²) in [6.07, 6.45) is 13.0. The maximum absolute atomic E-state index is 12.5. The minimum Gasteiger partial charge on any atom is -0.469 e. The van der Waals surface area contributed by atoms with Crippen LogP contribution in [0.2, 0.25) is 0 Å². The number of aromatic nitrogens is 6. The first kappa shape index (κ1) is 61.3. The molecule has 3 unspecified atom stereocenters. The number of carbonyl (C=O) groups excluding carboxylic acids is 6. The number of hydrogen-bond donors (Lipinski definition) is 5. The van der Waals surface area contributed by atoms with Crippen molar-refractivity contribution >= 4 is 74.9 Å². The number of nitrogens with one attached hydrogen (secondary N) is 3. The van der Waals surface area contributed by atoms with Crippen molar-refractivity contribution in [3.05, 3.63) is 91.8 Å². The first-order chi connectivity index (χ1) is 38.1. The zero-order valence-corrected chi connectivity index (χ0v) is 49.8. The topological polar surface area (TPSA) is 277 Å². The van der Waals surface area contributed by atoms with Crippen LogP contribution in [0.5, 0.6) is 0 Å². The van der Waals surface area contributed by atoms with Crippen molar-refractivity contribution < 1.29 is 47.7 Å². The number of amides is 2. The Labute approximate surface area is 475 Å². The van der Waals surface area contributed by atoms with Gasteiger partial charge in [0.1, 0.15) is 17.1 Å². The van der Waals surface area contributed by atoms with Crippen LogP contribution in [0, 0.1) is 34.0 Å². The van der Waals surface area contributed by atoms with Gasteiger partial charge in [0.2, 0.25) is 5.91 Å². The molecule has 9 rings (SSSR count). The number of nitrogens with zero attached hydrogens (tertiary/aromatic N) is 3. The van der Waals surface area contributed by atoms with Crippen LogP contribution in [0.4, 0.5) is 0 Å². The van der Waals surface area contributed by atoms with Gasteiger partial charge >= 0.3 is 23.9 Å². The number of hydrogen-bond acceptors (Lipinski definition) is 13. The fourth-order valence-electron chi connectivity index (χ4n) is 11.5. The van der Waals surface area contributed by atoms with E-state index in [0.29, 0.717) is 70.9 Å². The SMILES string of the molecule is CC(C)(C)C1CCc2nc3c(CCC(N)=O)c(C(N)=O)[nH]c3cc2C1.CCOC(=O)c1[nH]c2cc3c(nc2c1/C=C/C(=O)OC)CCC(C(C)(C)C)C3.CCOC(=O)c1[nH]c2cc3c(nc2c1CCC(=O)OC)CCC(C(C)(C)C)C3. The molecule has 0 saturated carbocycles. The molecule has 81 heavy (non-hydrogen) atoms. The Hall–Kier alpha value is -7.37. The van der Waals surface area contributed by atoms with Crippen molar-refractivity contribution in [2.75, 3.05) is 27.4 Å². The van der Waals surface area contributed by atoms with Gasteiger partial charge in [-0.2, -0.15) is 0 Å². The summed E-state index contributed by atoms with van der Waals surface area (Å²) in [4.78, 5) is 95.1. The minimum absolute atomic E-state index is 0.165. The minimum atomic E-state index is -0.539. The van der Waals surface area contributed by atoms with Crippen LogP contribution in [0.1, 0.15) is 190 Å². The Morgan fingerprint density at radius 1 is 0.568 bits per heavy atom. The second-order valence-electron chi connectivity index (χ2n) is 25.0. The normalized spacial score (nSPS) is 17.0. The Morgan fingerprint density at radius 3 is 1.37 bits per heavy atom. The van der Waals surface area contributed by atoms with Crippen LogP contribution in [0.15, 0.2) is 24.3 Å². The highest BCUT2D eigenvalue weighted by molar-refractivity contribution is 6.03. The van der Waals surface area contributed by atoms with Crippen LogP contribution in [0.3, 0.4) is 0 Å². The number of pyridine rings is 3. The maximum Gasteiger partial charge on any atom is 0.355 e. The van der Waals surface area contributed by atoms with E-state index in [4.69, 9.17) is 40.6 Å². The molecule has 3 aliphatic carbocycles. The summed E-state index contributed by atoms with van der Waals surface area (Å²) < 4.78 is 19.8. The summed E-state index contributed by atoms with van der Waals surface area (Å²) >= 11 is 0. The number of nitrogens with two attached hydrogens (primary N) is 2. The quantitative estimate of drug-likeness (QED) is 0.0409. The third-order valence-electron chi connectivity index (χ3n) is 16.5. The lowest BCUT2D eigenvalue weighted by Gasteiger charge is -2.34. The average molecular weight is 1110 g/mol. The molecule has 436 valence electrons. The third kappa shape index (κ3) is 14.4. The molecule has 18 nitrogen and oxygen atoms in total. The molecular formula is C63H84N8O10. The number of methoxy groups -OCH3 is 2. The van der Waals surface area contributed by atoms with Gasteiger partial charge in [-0.1, -0.05) is 62.3 Å². The highest BCUT2D eigenvalue weighted by Crippen LogP contribution is 2.41. The van der Waals surface area contributed by atoms with E-state index in [2.05, 4.69) is 100 Å². The first-order valence-corrected chi connectivity index (χ1v) is 28.5. The number of aromatic amines is 3. The highest BCUT2D eigenvalue weighted by atomic mass is 16.5. The van der Waals surface area contributed by atoms with E-state index in [1.165, 1.54) is 37.0 Å². The zero-order chi connectivity index (χ0) is 59.3. The first-order valence-electron chi connectivity index (χ1n) is 28.5. The number of H-pyrrole nitrogens is 3. The van der Waals surface area contributed by atoms with Crippen molar-refractivity contribution in [2.45, 2.75) is 160 Å². The van der Waals surface area contributed by atoms with E-state index in [9.17, 15) is 28.8 Å². The van der Waals surface area contributed by atoms with E-state index < -0.39 is 29.7 Å². The van der Waals surface area contributed by atoms with Gasteiger partial charge in [-0.3, -0.25) is 29.3 Å². The van der Waals surface area contributed by atoms with Gasteiger partial charge in [-0.25, -0.2) is 14.4 Å². The van der Waals surface area contributed by atoms with Crippen LogP contribution >= 0.6 is 0 Å². The van der Waals surface area contributed by atoms with E-state index in [0.717, 1.165) is 108 Å². The van der Waals surface area contributed by atoms with Crippen molar-refractivity contribution in [3.8, 4) is 0 Å². The lowest BCUT2D eigenvalue weighted by Crippen LogP contribution is -2.27. The molecule has 3 aliphatic rings. The Bertz CT molecular complexity index is 3380. The molecule has 0 radical (unpaired) electrons. The Kier molecular flexibility index (Phi) is 19.0. The van der Waals surface area contributed by atoms with Crippen LogP contribution in [-0.2, 0) is 84.7 Å². The molecule has 6 aromatic rings. The highest BCUT2D eigenvalue weighted by Gasteiger charge is 2.34. The third-order valence-corrected chi connectivity index (χ3v) is 16.5. The predicted molar refractivity (Wildman–Crippen MR) is 313 cm³/mol. The number of carbonyl (C=O) groups is 6. The molecule has 2 amide bonds. The summed E-state index contributed by atoms with van der Waals surface area (Å²) in [7, 11) is 2.68. The molecule has 6 heterocycles. The summed E-state index contributed by atoms with van der Waals surface area (Å²) in [5.74, 6) is -0.806. The fourth-order valence-corrected chi connectivity index (χ4v) is 11.5. The van der Waals surface area contributed by atoms with E-state index in [1.807, 2.05) is 0 Å². The van der Waals surface area contributed by atoms with Gasteiger partial charge in [0.05, 0.1) is 60.5 Å². The van der Waals surface area contributed by atoms with E-state index >= 15 is 0 Å². The average Bonchev–Trinajstić information content (AvgIpc) is 4.09. The van der Waals surface area contributed by atoms with Gasteiger partial charge in [0, 0.05) is 52.7 Å². The van der Waals surface area contributed by atoms with Crippen LogP contribution in [0.25, 0.3) is 39.2 Å². The Balaban J connectivity index is 0.000000176. The van der Waals surface area contributed by atoms with Crippen molar-refractivity contribution in [1.29, 1.82) is 0 Å². The number of primary amides is 2. The van der Waals surface area contributed by atoms with Gasteiger partial charge < -0.3 is 45.4 Å². The van der Waals surface area contributed by atoms with Gasteiger partial charge in [-0.15, -0.1) is 0 Å². The van der Waals surface area contributed by atoms with Crippen LogP contribution < -0.4 is 11.5 Å². The van der Waals surface area contributed by atoms with Crippen molar-refractivity contribution in [2.24, 2.45) is 45.5 Å². The smallest absolute Gasteiger partial charge is 0.355 e. The second kappa shape index (κ2) is 25.2. The molecule has 0 spiro atoms. The van der Waals surface area contributed by atoms with E-state index in [1.54, 1.807) is 19.9 Å². The fraction of sp³-hybridized carbons (Fsp3) is 0.540. The summed E-state index contributed by atoms with van der Waals surface area (Å²) in [5.41, 5.74) is 26.1. The van der Waals surface area contributed by atoms with Gasteiger partial charge in [0.15, 0.2) is 0 Å². The van der Waals surface area contributed by atoms with Gasteiger partial charge in [0.25, 0.3) is 5.91 Å². The summed E-state index contributed by atoms with van der Waals surface area (Å²) in [5, 5.41) is 0. The molecule has 7 N–H and O–H groups in total. The molecule has 3 atom stereocenters. The van der Waals surface area contributed by atoms with Gasteiger partial charge in [-0.05, 0) is 159 Å². The monoisotopic (exact) mass is 1110 g/mol. The number of aryl methyl sites for hydroxylation is 5. The Morgan fingerprint density at radius 2 is 0.963 bits per heavy atom. The maximum atomic E-state index is 12.5. The largest absolute Gasteiger partial charge is 0.469 e.